The second kappa shape index (κ2) is 6.40. The van der Waals surface area contributed by atoms with Gasteiger partial charge in [-0.05, 0) is 44.0 Å². The SMILES string of the molecule is CCOC(=O)C1(c2nc3c(OC)ccc(-c4cccc(C#N)c4)n3n2)CC1. The number of methoxy groups -OCH3 is 1. The van der Waals surface area contributed by atoms with Crippen LogP contribution in [0, 0.1) is 11.3 Å². The van der Waals surface area contributed by atoms with Gasteiger partial charge in [-0.15, -0.1) is 5.10 Å². The normalized spacial score (nSPS) is 14.6. The van der Waals surface area contributed by atoms with Crippen LogP contribution in [0.2, 0.25) is 0 Å². The maximum atomic E-state index is 12.4. The third-order valence-corrected chi connectivity index (χ3v) is 4.80. The fourth-order valence-corrected chi connectivity index (χ4v) is 3.18. The van der Waals surface area contributed by atoms with Gasteiger partial charge in [0.1, 0.15) is 5.41 Å². The number of pyridine rings is 1. The largest absolute Gasteiger partial charge is 0.493 e. The van der Waals surface area contributed by atoms with Crippen LogP contribution < -0.4 is 4.74 Å². The quantitative estimate of drug-likeness (QED) is 0.648. The fraction of sp³-hybridized carbons (Fsp3) is 0.300. The van der Waals surface area contributed by atoms with E-state index in [2.05, 4.69) is 16.2 Å². The van der Waals surface area contributed by atoms with Gasteiger partial charge < -0.3 is 9.47 Å². The average Bonchev–Trinajstić information content (AvgIpc) is 3.39. The Labute approximate surface area is 156 Å². The summed E-state index contributed by atoms with van der Waals surface area (Å²) < 4.78 is 12.3. The number of benzene rings is 1. The first-order valence-corrected chi connectivity index (χ1v) is 8.75. The van der Waals surface area contributed by atoms with Crippen LogP contribution in [0.15, 0.2) is 36.4 Å². The summed E-state index contributed by atoms with van der Waals surface area (Å²) in [5, 5.41) is 13.8. The Morgan fingerprint density at radius 1 is 1.33 bits per heavy atom. The van der Waals surface area contributed by atoms with Gasteiger partial charge in [-0.1, -0.05) is 12.1 Å². The molecular formula is C20H18N4O3. The minimum Gasteiger partial charge on any atom is -0.493 e. The molecule has 0 atom stereocenters. The van der Waals surface area contributed by atoms with Crippen molar-refractivity contribution in [2.45, 2.75) is 25.2 Å². The first kappa shape index (κ1) is 17.0. The minimum atomic E-state index is -0.765. The maximum Gasteiger partial charge on any atom is 0.319 e. The monoisotopic (exact) mass is 362 g/mol. The number of fused-ring (bicyclic) bond motifs is 1. The number of hydrogen-bond acceptors (Lipinski definition) is 6. The van der Waals surface area contributed by atoms with Crippen molar-refractivity contribution < 1.29 is 14.3 Å². The lowest BCUT2D eigenvalue weighted by Gasteiger charge is -2.09. The second-order valence-corrected chi connectivity index (χ2v) is 6.45. The molecule has 0 amide bonds. The molecule has 136 valence electrons. The molecule has 2 heterocycles. The van der Waals surface area contributed by atoms with Crippen molar-refractivity contribution in [2.75, 3.05) is 13.7 Å². The molecule has 0 aliphatic heterocycles. The maximum absolute atomic E-state index is 12.4. The summed E-state index contributed by atoms with van der Waals surface area (Å²) in [6.45, 7) is 2.11. The van der Waals surface area contributed by atoms with Crippen molar-refractivity contribution in [1.29, 1.82) is 5.26 Å². The van der Waals surface area contributed by atoms with E-state index >= 15 is 0 Å². The van der Waals surface area contributed by atoms with Gasteiger partial charge in [0.25, 0.3) is 0 Å². The van der Waals surface area contributed by atoms with E-state index in [-0.39, 0.29) is 5.97 Å². The number of hydrogen-bond donors (Lipinski definition) is 0. The summed E-state index contributed by atoms with van der Waals surface area (Å²) >= 11 is 0. The van der Waals surface area contributed by atoms with Crippen LogP contribution in [-0.4, -0.2) is 34.3 Å². The van der Waals surface area contributed by atoms with Crippen LogP contribution in [0.3, 0.4) is 0 Å². The Hall–Kier alpha value is -3.40. The summed E-state index contributed by atoms with van der Waals surface area (Å²) in [5.74, 6) is 0.727. The highest BCUT2D eigenvalue weighted by Gasteiger charge is 2.56. The molecule has 7 heteroatoms. The molecule has 0 spiro atoms. The number of carbonyl (C=O) groups is 1. The molecule has 1 aromatic carbocycles. The number of nitrogens with zero attached hydrogens (tertiary/aromatic N) is 4. The minimum absolute atomic E-state index is 0.284. The zero-order valence-electron chi connectivity index (χ0n) is 15.1. The average molecular weight is 362 g/mol. The topological polar surface area (TPSA) is 89.5 Å². The molecule has 2 aromatic heterocycles. The first-order valence-electron chi connectivity index (χ1n) is 8.75. The molecule has 7 nitrogen and oxygen atoms in total. The molecule has 0 bridgehead atoms. The highest BCUT2D eigenvalue weighted by molar-refractivity contribution is 5.85. The molecule has 0 radical (unpaired) electrons. The van der Waals surface area contributed by atoms with Crippen LogP contribution in [0.1, 0.15) is 31.2 Å². The highest BCUT2D eigenvalue weighted by Crippen LogP contribution is 2.48. The van der Waals surface area contributed by atoms with Gasteiger partial charge in [0.05, 0.1) is 31.0 Å². The first-order chi connectivity index (χ1) is 13.1. The van der Waals surface area contributed by atoms with Crippen molar-refractivity contribution in [2.24, 2.45) is 0 Å². The summed E-state index contributed by atoms with van der Waals surface area (Å²) in [4.78, 5) is 17.0. The van der Waals surface area contributed by atoms with Gasteiger partial charge >= 0.3 is 5.97 Å². The zero-order valence-corrected chi connectivity index (χ0v) is 15.1. The highest BCUT2D eigenvalue weighted by atomic mass is 16.5. The van der Waals surface area contributed by atoms with Gasteiger partial charge in [-0.3, -0.25) is 4.79 Å². The van der Waals surface area contributed by atoms with Crippen molar-refractivity contribution in [3.05, 3.63) is 47.8 Å². The molecule has 1 aliphatic rings. The molecule has 1 fully saturated rings. The van der Waals surface area contributed by atoms with E-state index in [1.807, 2.05) is 24.3 Å². The van der Waals surface area contributed by atoms with E-state index < -0.39 is 5.41 Å². The molecule has 0 N–H and O–H groups in total. The van der Waals surface area contributed by atoms with Crippen molar-refractivity contribution in [3.63, 3.8) is 0 Å². The van der Waals surface area contributed by atoms with Crippen molar-refractivity contribution >= 4 is 11.6 Å². The van der Waals surface area contributed by atoms with Crippen LogP contribution in [-0.2, 0) is 14.9 Å². The Morgan fingerprint density at radius 2 is 2.15 bits per heavy atom. The lowest BCUT2D eigenvalue weighted by atomic mass is 10.1. The van der Waals surface area contributed by atoms with Gasteiger partial charge in [0.2, 0.25) is 0 Å². The molecule has 1 aliphatic carbocycles. The second-order valence-electron chi connectivity index (χ2n) is 6.45. The Morgan fingerprint density at radius 3 is 2.81 bits per heavy atom. The van der Waals surface area contributed by atoms with Crippen LogP contribution in [0.4, 0.5) is 0 Å². The molecule has 27 heavy (non-hydrogen) atoms. The fourth-order valence-electron chi connectivity index (χ4n) is 3.18. The van der Waals surface area contributed by atoms with Gasteiger partial charge in [0, 0.05) is 5.56 Å². The van der Waals surface area contributed by atoms with Gasteiger partial charge in [-0.25, -0.2) is 9.50 Å². The predicted molar refractivity (Wildman–Crippen MR) is 97.2 cm³/mol. The van der Waals surface area contributed by atoms with Crippen molar-refractivity contribution in [3.8, 4) is 23.1 Å². The van der Waals surface area contributed by atoms with E-state index in [9.17, 15) is 10.1 Å². The molecule has 3 aromatic rings. The van der Waals surface area contributed by atoms with Gasteiger partial charge in [0.15, 0.2) is 17.2 Å². The summed E-state index contributed by atoms with van der Waals surface area (Å²) in [5.41, 5.74) is 1.92. The Kier molecular flexibility index (Phi) is 4.04. The van der Waals surface area contributed by atoms with Gasteiger partial charge in [-0.2, -0.15) is 5.26 Å². The Balaban J connectivity index is 1.89. The predicted octanol–water partition coefficient (Wildman–Crippen LogP) is 2.87. The zero-order chi connectivity index (χ0) is 19.0. The van der Waals surface area contributed by atoms with E-state index in [4.69, 9.17) is 9.47 Å². The number of ether oxygens (including phenoxy) is 2. The lowest BCUT2D eigenvalue weighted by molar-refractivity contribution is -0.146. The third-order valence-electron chi connectivity index (χ3n) is 4.80. The van der Waals surface area contributed by atoms with Crippen molar-refractivity contribution in [1.82, 2.24) is 14.6 Å². The van der Waals surface area contributed by atoms with E-state index in [0.29, 0.717) is 42.2 Å². The molecule has 0 saturated heterocycles. The van der Waals surface area contributed by atoms with Crippen LogP contribution in [0.5, 0.6) is 5.75 Å². The smallest absolute Gasteiger partial charge is 0.319 e. The third kappa shape index (κ3) is 2.70. The Bertz CT molecular complexity index is 1080. The number of aromatic nitrogens is 3. The summed E-state index contributed by atoms with van der Waals surface area (Å²) in [6.07, 6.45) is 1.34. The summed E-state index contributed by atoms with van der Waals surface area (Å²) in [6, 6.07) is 13.1. The number of carbonyl (C=O) groups excluding carboxylic acids is 1. The molecule has 1 saturated carbocycles. The van der Waals surface area contributed by atoms with E-state index in [1.165, 1.54) is 0 Å². The van der Waals surface area contributed by atoms with Crippen LogP contribution in [0.25, 0.3) is 16.9 Å². The number of nitriles is 1. The number of rotatable bonds is 5. The van der Waals surface area contributed by atoms with E-state index in [0.717, 1.165) is 11.3 Å². The molecular weight excluding hydrogens is 344 g/mol. The van der Waals surface area contributed by atoms with Crippen LogP contribution >= 0.6 is 0 Å². The lowest BCUT2D eigenvalue weighted by Crippen LogP contribution is -2.24. The van der Waals surface area contributed by atoms with E-state index in [1.54, 1.807) is 30.7 Å². The number of esters is 1. The standard InChI is InChI=1S/C20H18N4O3/c1-3-27-19(25)20(9-10-20)18-22-17-16(26-2)8-7-15(24(17)23-18)14-6-4-5-13(11-14)12-21/h4-8,11H,3,9-10H2,1-2H3. The molecule has 0 unspecified atom stereocenters. The molecule has 4 rings (SSSR count). The summed E-state index contributed by atoms with van der Waals surface area (Å²) in [7, 11) is 1.57.